The second-order valence-electron chi connectivity index (χ2n) is 5.89. The first kappa shape index (κ1) is 10.3. The molecule has 1 atom stereocenters. The van der Waals surface area contributed by atoms with Crippen molar-refractivity contribution in [3.8, 4) is 0 Å². The molecule has 1 aromatic rings. The molecule has 1 fully saturated rings. The molecule has 1 nitrogen and oxygen atoms in total. The van der Waals surface area contributed by atoms with E-state index in [2.05, 4.69) is 37.4 Å². The van der Waals surface area contributed by atoms with E-state index in [1.807, 2.05) is 0 Å². The Morgan fingerprint density at radius 2 is 1.88 bits per heavy atom. The minimum atomic E-state index is 0.295. The molecule has 1 saturated heterocycles. The van der Waals surface area contributed by atoms with E-state index in [0.29, 0.717) is 11.5 Å². The van der Waals surface area contributed by atoms with Gasteiger partial charge in [-0.1, -0.05) is 18.2 Å². The van der Waals surface area contributed by atoms with Gasteiger partial charge in [0.15, 0.2) is 0 Å². The van der Waals surface area contributed by atoms with Crippen LogP contribution in [0.25, 0.3) is 0 Å². The largest absolute Gasteiger partial charge is 0.310 e. The Hall–Kier alpha value is -0.820. The van der Waals surface area contributed by atoms with Crippen LogP contribution in [0.4, 0.5) is 0 Å². The zero-order chi connectivity index (χ0) is 11.2. The third-order valence-corrected chi connectivity index (χ3v) is 4.41. The Labute approximate surface area is 98.3 Å². The number of nitrogens with one attached hydrogen (secondary N) is 1. The van der Waals surface area contributed by atoms with Crippen LogP contribution in [0.15, 0.2) is 18.2 Å². The summed E-state index contributed by atoms with van der Waals surface area (Å²) in [5.74, 6) is 0.708. The summed E-state index contributed by atoms with van der Waals surface area (Å²) in [6, 6.07) is 7.21. The van der Waals surface area contributed by atoms with Gasteiger partial charge in [0, 0.05) is 18.0 Å². The molecular formula is C15H21N. The quantitative estimate of drug-likeness (QED) is 0.759. The Balaban J connectivity index is 1.91. The van der Waals surface area contributed by atoms with Crippen LogP contribution in [-0.2, 0) is 12.8 Å². The van der Waals surface area contributed by atoms with E-state index in [-0.39, 0.29) is 0 Å². The number of hydrogen-bond acceptors (Lipinski definition) is 1. The summed E-state index contributed by atoms with van der Waals surface area (Å²) in [6.07, 6.45) is 5.34. The predicted octanol–water partition coefficient (Wildman–Crippen LogP) is 3.03. The van der Waals surface area contributed by atoms with Crippen LogP contribution in [-0.4, -0.2) is 12.1 Å². The van der Waals surface area contributed by atoms with Crippen molar-refractivity contribution in [2.45, 2.75) is 51.0 Å². The van der Waals surface area contributed by atoms with Crippen LogP contribution in [0, 0.1) is 0 Å². The summed E-state index contributed by atoms with van der Waals surface area (Å²) >= 11 is 0. The first-order valence-electron chi connectivity index (χ1n) is 6.53. The highest BCUT2D eigenvalue weighted by Gasteiger charge is 2.38. The van der Waals surface area contributed by atoms with Crippen molar-refractivity contribution < 1.29 is 0 Å². The van der Waals surface area contributed by atoms with Crippen molar-refractivity contribution in [2.24, 2.45) is 0 Å². The van der Waals surface area contributed by atoms with E-state index >= 15 is 0 Å². The maximum Gasteiger partial charge on any atom is 0.0206 e. The average Bonchev–Trinajstić information content (AvgIpc) is 2.28. The second-order valence-corrected chi connectivity index (χ2v) is 5.89. The van der Waals surface area contributed by atoms with Crippen LogP contribution >= 0.6 is 0 Å². The first-order valence-corrected chi connectivity index (χ1v) is 6.53. The zero-order valence-corrected chi connectivity index (χ0v) is 10.3. The Morgan fingerprint density at radius 3 is 2.50 bits per heavy atom. The number of aryl methyl sites for hydroxylation is 2. The van der Waals surface area contributed by atoms with Crippen LogP contribution in [0.5, 0.6) is 0 Å². The minimum absolute atomic E-state index is 0.295. The lowest BCUT2D eigenvalue weighted by Gasteiger charge is -2.46. The van der Waals surface area contributed by atoms with Gasteiger partial charge in [-0.05, 0) is 56.2 Å². The Morgan fingerprint density at radius 1 is 1.12 bits per heavy atom. The highest BCUT2D eigenvalue weighted by atomic mass is 15.1. The summed E-state index contributed by atoms with van der Waals surface area (Å²) in [6.45, 7) is 5.76. The smallest absolute Gasteiger partial charge is 0.0206 e. The molecule has 16 heavy (non-hydrogen) atoms. The highest BCUT2D eigenvalue weighted by Crippen LogP contribution is 2.36. The summed E-state index contributed by atoms with van der Waals surface area (Å²) < 4.78 is 0. The van der Waals surface area contributed by atoms with Gasteiger partial charge in [-0.2, -0.15) is 0 Å². The average molecular weight is 215 g/mol. The number of hydrogen-bond donors (Lipinski definition) is 1. The molecular weight excluding hydrogens is 194 g/mol. The topological polar surface area (TPSA) is 12.0 Å². The summed E-state index contributed by atoms with van der Waals surface area (Å²) in [5.41, 5.74) is 5.05. The summed E-state index contributed by atoms with van der Waals surface area (Å²) in [7, 11) is 0. The third-order valence-electron chi connectivity index (χ3n) is 4.41. The van der Waals surface area contributed by atoms with Crippen molar-refractivity contribution in [1.82, 2.24) is 5.32 Å². The molecule has 2 aliphatic rings. The van der Waals surface area contributed by atoms with Gasteiger partial charge in [-0.25, -0.2) is 0 Å². The fourth-order valence-corrected chi connectivity index (χ4v) is 3.12. The molecule has 1 unspecified atom stereocenters. The predicted molar refractivity (Wildman–Crippen MR) is 67.9 cm³/mol. The Bertz CT molecular complexity index is 406. The Kier molecular flexibility index (Phi) is 2.32. The number of fused-ring (bicyclic) bond motifs is 1. The van der Waals surface area contributed by atoms with Gasteiger partial charge in [0.1, 0.15) is 0 Å². The molecule has 0 spiro atoms. The lowest BCUT2D eigenvalue weighted by molar-refractivity contribution is 0.208. The maximum absolute atomic E-state index is 3.51. The monoisotopic (exact) mass is 215 g/mol. The van der Waals surface area contributed by atoms with Gasteiger partial charge >= 0.3 is 0 Å². The molecule has 0 amide bonds. The first-order chi connectivity index (χ1) is 7.67. The van der Waals surface area contributed by atoms with Crippen molar-refractivity contribution in [3.63, 3.8) is 0 Å². The second kappa shape index (κ2) is 3.59. The molecule has 1 N–H and O–H groups in total. The van der Waals surface area contributed by atoms with Crippen molar-refractivity contribution >= 4 is 0 Å². The molecule has 0 radical (unpaired) electrons. The van der Waals surface area contributed by atoms with Gasteiger partial charge in [-0.3, -0.25) is 0 Å². The normalized spacial score (nSPS) is 27.0. The molecule has 0 bridgehead atoms. The van der Waals surface area contributed by atoms with Crippen LogP contribution < -0.4 is 5.32 Å². The van der Waals surface area contributed by atoms with Crippen LogP contribution in [0.3, 0.4) is 0 Å². The van der Waals surface area contributed by atoms with E-state index in [1.165, 1.54) is 25.7 Å². The van der Waals surface area contributed by atoms with Crippen molar-refractivity contribution in [1.29, 1.82) is 0 Å². The van der Waals surface area contributed by atoms with Crippen LogP contribution in [0.2, 0.25) is 0 Å². The fourth-order valence-electron chi connectivity index (χ4n) is 3.12. The summed E-state index contributed by atoms with van der Waals surface area (Å²) in [5, 5.41) is 3.51. The highest BCUT2D eigenvalue weighted by molar-refractivity contribution is 5.38. The third kappa shape index (κ3) is 1.58. The van der Waals surface area contributed by atoms with Gasteiger partial charge in [0.05, 0.1) is 0 Å². The number of benzene rings is 1. The van der Waals surface area contributed by atoms with E-state index in [4.69, 9.17) is 0 Å². The van der Waals surface area contributed by atoms with Gasteiger partial charge < -0.3 is 5.32 Å². The van der Waals surface area contributed by atoms with Gasteiger partial charge in [-0.15, -0.1) is 0 Å². The number of rotatable bonds is 1. The molecule has 0 saturated carbocycles. The standard InChI is InChI=1S/C15H21N/c1-15(2)14(10-16-15)13-8-7-11-5-3-4-6-12(11)9-13/h7-9,14,16H,3-6,10H2,1-2H3. The lowest BCUT2D eigenvalue weighted by atomic mass is 9.74. The minimum Gasteiger partial charge on any atom is -0.310 e. The lowest BCUT2D eigenvalue weighted by Crippen LogP contribution is -2.59. The fraction of sp³-hybridized carbons (Fsp3) is 0.600. The molecule has 1 heterocycles. The van der Waals surface area contributed by atoms with E-state index in [1.54, 1.807) is 16.7 Å². The zero-order valence-electron chi connectivity index (χ0n) is 10.3. The molecule has 0 aromatic heterocycles. The molecule has 1 aliphatic heterocycles. The summed E-state index contributed by atoms with van der Waals surface area (Å²) in [4.78, 5) is 0. The molecule has 1 aliphatic carbocycles. The van der Waals surface area contributed by atoms with Crippen molar-refractivity contribution in [3.05, 3.63) is 34.9 Å². The molecule has 86 valence electrons. The van der Waals surface area contributed by atoms with Crippen molar-refractivity contribution in [2.75, 3.05) is 6.54 Å². The van der Waals surface area contributed by atoms with Gasteiger partial charge in [0.25, 0.3) is 0 Å². The molecule has 3 rings (SSSR count). The maximum atomic E-state index is 3.51. The molecule has 1 aromatic carbocycles. The van der Waals surface area contributed by atoms with E-state index < -0.39 is 0 Å². The SMILES string of the molecule is CC1(C)NCC1c1ccc2c(c1)CCCC2. The van der Waals surface area contributed by atoms with Crippen LogP contribution in [0.1, 0.15) is 49.3 Å². The van der Waals surface area contributed by atoms with E-state index in [0.717, 1.165) is 6.54 Å². The molecule has 1 heteroatoms. The van der Waals surface area contributed by atoms with E-state index in [9.17, 15) is 0 Å². The van der Waals surface area contributed by atoms with Gasteiger partial charge in [0.2, 0.25) is 0 Å².